The van der Waals surface area contributed by atoms with Crippen LogP contribution in [0.3, 0.4) is 0 Å². The van der Waals surface area contributed by atoms with E-state index < -0.39 is 0 Å². The highest BCUT2D eigenvalue weighted by molar-refractivity contribution is 7.98. The second-order valence-electron chi connectivity index (χ2n) is 5.22. The van der Waals surface area contributed by atoms with Crippen molar-refractivity contribution in [2.75, 3.05) is 25.6 Å². The Morgan fingerprint density at radius 1 is 1.17 bits per heavy atom. The topological polar surface area (TPSA) is 36.4 Å². The predicted molar refractivity (Wildman–Crippen MR) is 85.6 cm³/mol. The molecule has 0 aliphatic carbocycles. The first kappa shape index (κ1) is 17.6. The molecule has 0 aromatic rings. The quantitative estimate of drug-likeness (QED) is 0.385. The molecule has 0 saturated carbocycles. The zero-order chi connectivity index (χ0) is 13.8. The number of nitrogens with zero attached hydrogens (tertiary/aromatic N) is 1. The number of hydrogen-bond acceptors (Lipinski definition) is 2. The summed E-state index contributed by atoms with van der Waals surface area (Å²) in [5.41, 5.74) is 0. The van der Waals surface area contributed by atoms with E-state index in [2.05, 4.69) is 42.7 Å². The van der Waals surface area contributed by atoms with Gasteiger partial charge in [-0.05, 0) is 50.5 Å². The minimum absolute atomic E-state index is 0.491. The summed E-state index contributed by atoms with van der Waals surface area (Å²) in [7, 11) is 1.84. The van der Waals surface area contributed by atoms with Gasteiger partial charge in [-0.2, -0.15) is 11.8 Å². The van der Waals surface area contributed by atoms with Crippen LogP contribution in [0.15, 0.2) is 4.99 Å². The van der Waals surface area contributed by atoms with Gasteiger partial charge in [0.05, 0.1) is 0 Å². The standard InChI is InChI=1S/C14H31N3S/c1-12(2)8-9-13(3)17-14(15-4)16-10-6-7-11-18-5/h12-13H,6-11H2,1-5H3,(H2,15,16,17). The van der Waals surface area contributed by atoms with Crippen molar-refractivity contribution in [3.05, 3.63) is 0 Å². The third kappa shape index (κ3) is 10.8. The van der Waals surface area contributed by atoms with Crippen LogP contribution in [0.25, 0.3) is 0 Å². The van der Waals surface area contributed by atoms with Crippen molar-refractivity contribution in [3.8, 4) is 0 Å². The average molecular weight is 273 g/mol. The van der Waals surface area contributed by atoms with E-state index in [-0.39, 0.29) is 0 Å². The van der Waals surface area contributed by atoms with Crippen LogP contribution in [-0.2, 0) is 0 Å². The molecule has 1 atom stereocenters. The first-order valence-corrected chi connectivity index (χ1v) is 8.45. The Labute approximate surface area is 118 Å². The lowest BCUT2D eigenvalue weighted by molar-refractivity contribution is 0.489. The second-order valence-corrected chi connectivity index (χ2v) is 6.20. The van der Waals surface area contributed by atoms with Crippen LogP contribution in [-0.4, -0.2) is 37.6 Å². The molecule has 0 fully saturated rings. The fourth-order valence-electron chi connectivity index (χ4n) is 1.66. The van der Waals surface area contributed by atoms with E-state index in [4.69, 9.17) is 0 Å². The summed E-state index contributed by atoms with van der Waals surface area (Å²) >= 11 is 1.91. The molecule has 108 valence electrons. The molecule has 0 rings (SSSR count). The third-order valence-electron chi connectivity index (χ3n) is 2.85. The molecule has 0 heterocycles. The summed E-state index contributed by atoms with van der Waals surface area (Å²) in [5.74, 6) is 2.96. The molecule has 0 aliphatic heterocycles. The fourth-order valence-corrected chi connectivity index (χ4v) is 2.15. The molecule has 0 aromatic carbocycles. The largest absolute Gasteiger partial charge is 0.356 e. The number of guanidine groups is 1. The summed E-state index contributed by atoms with van der Waals surface area (Å²) < 4.78 is 0. The molecule has 3 nitrogen and oxygen atoms in total. The summed E-state index contributed by atoms with van der Waals surface area (Å²) in [5, 5.41) is 6.82. The maximum Gasteiger partial charge on any atom is 0.191 e. The highest BCUT2D eigenvalue weighted by Gasteiger charge is 2.05. The minimum Gasteiger partial charge on any atom is -0.356 e. The van der Waals surface area contributed by atoms with Gasteiger partial charge < -0.3 is 10.6 Å². The lowest BCUT2D eigenvalue weighted by atomic mass is 10.0. The van der Waals surface area contributed by atoms with Crippen molar-refractivity contribution >= 4 is 17.7 Å². The normalized spacial score (nSPS) is 13.8. The van der Waals surface area contributed by atoms with Crippen molar-refractivity contribution < 1.29 is 0 Å². The molecule has 0 aromatic heterocycles. The van der Waals surface area contributed by atoms with E-state index in [0.29, 0.717) is 6.04 Å². The maximum atomic E-state index is 4.26. The first-order valence-electron chi connectivity index (χ1n) is 7.06. The Kier molecular flexibility index (Phi) is 11.4. The van der Waals surface area contributed by atoms with Crippen molar-refractivity contribution in [2.24, 2.45) is 10.9 Å². The summed E-state index contributed by atoms with van der Waals surface area (Å²) in [6.07, 6.45) is 7.10. The van der Waals surface area contributed by atoms with Crippen LogP contribution in [0.5, 0.6) is 0 Å². The lowest BCUT2D eigenvalue weighted by Crippen LogP contribution is -2.42. The number of nitrogens with one attached hydrogen (secondary N) is 2. The van der Waals surface area contributed by atoms with Gasteiger partial charge in [-0.3, -0.25) is 4.99 Å². The van der Waals surface area contributed by atoms with E-state index in [9.17, 15) is 0 Å². The van der Waals surface area contributed by atoms with E-state index in [1.807, 2.05) is 18.8 Å². The predicted octanol–water partition coefficient (Wildman–Crippen LogP) is 3.12. The highest BCUT2D eigenvalue weighted by atomic mass is 32.2. The van der Waals surface area contributed by atoms with Crippen molar-refractivity contribution in [3.63, 3.8) is 0 Å². The van der Waals surface area contributed by atoms with E-state index in [0.717, 1.165) is 18.4 Å². The minimum atomic E-state index is 0.491. The SMILES string of the molecule is CN=C(NCCCCSC)NC(C)CCC(C)C. The van der Waals surface area contributed by atoms with Crippen LogP contribution >= 0.6 is 11.8 Å². The molecular formula is C14H31N3S. The van der Waals surface area contributed by atoms with Crippen LogP contribution < -0.4 is 10.6 Å². The van der Waals surface area contributed by atoms with Gasteiger partial charge in [0.15, 0.2) is 5.96 Å². The number of aliphatic imine (C=N–C) groups is 1. The first-order chi connectivity index (χ1) is 8.60. The van der Waals surface area contributed by atoms with Gasteiger partial charge in [0.1, 0.15) is 0 Å². The Morgan fingerprint density at radius 3 is 2.44 bits per heavy atom. The molecule has 1 unspecified atom stereocenters. The van der Waals surface area contributed by atoms with Crippen molar-refractivity contribution in [1.82, 2.24) is 10.6 Å². The van der Waals surface area contributed by atoms with Crippen LogP contribution in [0.1, 0.15) is 46.5 Å². The molecule has 0 amide bonds. The lowest BCUT2D eigenvalue weighted by Gasteiger charge is -2.18. The van der Waals surface area contributed by atoms with Crippen LogP contribution in [0.2, 0.25) is 0 Å². The van der Waals surface area contributed by atoms with Gasteiger partial charge in [0.25, 0.3) is 0 Å². The van der Waals surface area contributed by atoms with Crippen molar-refractivity contribution in [1.29, 1.82) is 0 Å². The number of thioether (sulfide) groups is 1. The smallest absolute Gasteiger partial charge is 0.191 e. The molecule has 0 aliphatic rings. The van der Waals surface area contributed by atoms with Gasteiger partial charge in [0, 0.05) is 19.6 Å². The van der Waals surface area contributed by atoms with E-state index in [1.165, 1.54) is 31.4 Å². The number of unbranched alkanes of at least 4 members (excludes halogenated alkanes) is 1. The second kappa shape index (κ2) is 11.7. The molecule has 0 radical (unpaired) electrons. The molecule has 18 heavy (non-hydrogen) atoms. The summed E-state index contributed by atoms with van der Waals surface area (Å²) in [6, 6.07) is 0.491. The highest BCUT2D eigenvalue weighted by Crippen LogP contribution is 2.06. The zero-order valence-corrected chi connectivity index (χ0v) is 13.6. The summed E-state index contributed by atoms with van der Waals surface area (Å²) in [6.45, 7) is 7.77. The Balaban J connectivity index is 3.69. The van der Waals surface area contributed by atoms with E-state index in [1.54, 1.807) is 0 Å². The molecular weight excluding hydrogens is 242 g/mol. The Bertz CT molecular complexity index is 217. The average Bonchev–Trinajstić information content (AvgIpc) is 2.34. The molecule has 4 heteroatoms. The molecule has 2 N–H and O–H groups in total. The van der Waals surface area contributed by atoms with Crippen LogP contribution in [0, 0.1) is 5.92 Å². The summed E-state index contributed by atoms with van der Waals surface area (Å²) in [4.78, 5) is 4.26. The number of hydrogen-bond donors (Lipinski definition) is 2. The van der Waals surface area contributed by atoms with Crippen molar-refractivity contribution in [2.45, 2.75) is 52.5 Å². The van der Waals surface area contributed by atoms with E-state index >= 15 is 0 Å². The zero-order valence-electron chi connectivity index (χ0n) is 12.8. The number of rotatable bonds is 9. The third-order valence-corrected chi connectivity index (χ3v) is 3.55. The van der Waals surface area contributed by atoms with Gasteiger partial charge in [0.2, 0.25) is 0 Å². The van der Waals surface area contributed by atoms with Gasteiger partial charge >= 0.3 is 0 Å². The molecule has 0 bridgehead atoms. The van der Waals surface area contributed by atoms with Gasteiger partial charge in [-0.15, -0.1) is 0 Å². The van der Waals surface area contributed by atoms with Crippen LogP contribution in [0.4, 0.5) is 0 Å². The van der Waals surface area contributed by atoms with Gasteiger partial charge in [-0.1, -0.05) is 13.8 Å². The Morgan fingerprint density at radius 2 is 1.89 bits per heavy atom. The van der Waals surface area contributed by atoms with Gasteiger partial charge in [-0.25, -0.2) is 0 Å². The molecule has 0 spiro atoms. The fraction of sp³-hybridized carbons (Fsp3) is 0.929. The monoisotopic (exact) mass is 273 g/mol. The maximum absolute atomic E-state index is 4.26. The molecule has 0 saturated heterocycles. The Hall–Kier alpha value is -0.380.